The van der Waals surface area contributed by atoms with Crippen molar-refractivity contribution in [3.8, 4) is 0 Å². The van der Waals surface area contributed by atoms with Crippen LogP contribution >= 0.6 is 0 Å². The fraction of sp³-hybridized carbons (Fsp3) is 0.929. The summed E-state index contributed by atoms with van der Waals surface area (Å²) < 4.78 is 0. The molecule has 2 aliphatic heterocycles. The second-order valence-corrected chi connectivity index (χ2v) is 6.46. The lowest BCUT2D eigenvalue weighted by Gasteiger charge is -2.28. The van der Waals surface area contributed by atoms with Crippen LogP contribution in [0.1, 0.15) is 45.4 Å². The van der Waals surface area contributed by atoms with E-state index < -0.39 is 0 Å². The fourth-order valence-corrected chi connectivity index (χ4v) is 3.60. The van der Waals surface area contributed by atoms with Gasteiger partial charge in [-0.15, -0.1) is 0 Å². The summed E-state index contributed by atoms with van der Waals surface area (Å²) >= 11 is 0. The van der Waals surface area contributed by atoms with Gasteiger partial charge in [0.2, 0.25) is 5.91 Å². The lowest BCUT2D eigenvalue weighted by Crippen LogP contribution is -2.39. The monoisotopic (exact) mass is 236 g/mol. The van der Waals surface area contributed by atoms with Gasteiger partial charge in [-0.25, -0.2) is 0 Å². The number of carbonyl (C=O) groups excluding carboxylic acids is 1. The minimum Gasteiger partial charge on any atom is -0.356 e. The zero-order valence-electron chi connectivity index (χ0n) is 10.7. The van der Waals surface area contributed by atoms with Crippen molar-refractivity contribution in [2.45, 2.75) is 57.5 Å². The summed E-state index contributed by atoms with van der Waals surface area (Å²) in [4.78, 5) is 11.9. The van der Waals surface area contributed by atoms with E-state index in [-0.39, 0.29) is 5.91 Å². The van der Waals surface area contributed by atoms with Gasteiger partial charge < -0.3 is 10.6 Å². The molecular weight excluding hydrogens is 212 g/mol. The number of fused-ring (bicyclic) bond motifs is 2. The molecule has 3 heteroatoms. The second kappa shape index (κ2) is 4.60. The lowest BCUT2D eigenvalue weighted by atomic mass is 9.89. The normalized spacial score (nSPS) is 43.5. The van der Waals surface area contributed by atoms with E-state index in [0.29, 0.717) is 18.0 Å². The molecule has 2 N–H and O–H groups in total. The summed E-state index contributed by atoms with van der Waals surface area (Å²) in [6, 6.07) is 1.41. The second-order valence-electron chi connectivity index (χ2n) is 6.46. The summed E-state index contributed by atoms with van der Waals surface area (Å²) in [5.41, 5.74) is 0. The molecule has 2 heterocycles. The highest BCUT2D eigenvalue weighted by Crippen LogP contribution is 2.37. The van der Waals surface area contributed by atoms with Crippen LogP contribution in [-0.4, -0.2) is 24.5 Å². The Bertz CT molecular complexity index is 293. The Morgan fingerprint density at radius 1 is 1.24 bits per heavy atom. The number of hydrogen-bond donors (Lipinski definition) is 2. The van der Waals surface area contributed by atoms with E-state index in [1.807, 2.05) is 0 Å². The molecular formula is C14H24N2O. The minimum atomic E-state index is 0.287. The van der Waals surface area contributed by atoms with Crippen LogP contribution in [0, 0.1) is 17.8 Å². The number of hydrogen-bond acceptors (Lipinski definition) is 2. The van der Waals surface area contributed by atoms with Gasteiger partial charge in [-0.2, -0.15) is 0 Å². The molecule has 0 spiro atoms. The first-order valence-corrected chi connectivity index (χ1v) is 7.23. The number of amides is 1. The van der Waals surface area contributed by atoms with Crippen LogP contribution in [0.2, 0.25) is 0 Å². The van der Waals surface area contributed by atoms with Crippen LogP contribution in [0.3, 0.4) is 0 Å². The maximum Gasteiger partial charge on any atom is 0.220 e. The van der Waals surface area contributed by atoms with E-state index in [1.165, 1.54) is 32.1 Å². The van der Waals surface area contributed by atoms with Crippen LogP contribution < -0.4 is 10.6 Å². The minimum absolute atomic E-state index is 0.287. The van der Waals surface area contributed by atoms with Gasteiger partial charge in [0.1, 0.15) is 0 Å². The fourth-order valence-electron chi connectivity index (χ4n) is 3.60. The number of carbonyl (C=O) groups is 1. The molecule has 2 saturated heterocycles. The van der Waals surface area contributed by atoms with Crippen molar-refractivity contribution in [1.29, 1.82) is 0 Å². The van der Waals surface area contributed by atoms with Crippen LogP contribution in [0.25, 0.3) is 0 Å². The first-order chi connectivity index (χ1) is 8.20. The smallest absolute Gasteiger partial charge is 0.220 e. The molecule has 1 saturated carbocycles. The molecule has 0 radical (unpaired) electrons. The summed E-state index contributed by atoms with van der Waals surface area (Å²) in [7, 11) is 0. The Morgan fingerprint density at radius 2 is 1.88 bits per heavy atom. The predicted octanol–water partition coefficient (Wildman–Crippen LogP) is 1.68. The summed E-state index contributed by atoms with van der Waals surface area (Å²) in [6.45, 7) is 3.18. The van der Waals surface area contributed by atoms with Crippen molar-refractivity contribution in [2.75, 3.05) is 6.54 Å². The molecule has 0 aromatic rings. The van der Waals surface area contributed by atoms with E-state index in [9.17, 15) is 4.79 Å². The molecule has 17 heavy (non-hydrogen) atoms. The Morgan fingerprint density at radius 3 is 2.47 bits per heavy atom. The van der Waals surface area contributed by atoms with Gasteiger partial charge in [0.05, 0.1) is 0 Å². The molecule has 1 aliphatic carbocycles. The molecule has 0 aromatic heterocycles. The third-order valence-corrected chi connectivity index (χ3v) is 4.88. The number of rotatable bonds is 4. The van der Waals surface area contributed by atoms with Gasteiger partial charge in [-0.1, -0.05) is 6.92 Å². The van der Waals surface area contributed by atoms with Gasteiger partial charge in [-0.3, -0.25) is 4.79 Å². The molecule has 96 valence electrons. The molecule has 3 aliphatic rings. The third kappa shape index (κ3) is 2.82. The Balaban J connectivity index is 1.39. The van der Waals surface area contributed by atoms with E-state index in [2.05, 4.69) is 17.6 Å². The highest BCUT2D eigenvalue weighted by Gasteiger charge is 2.35. The molecule has 4 atom stereocenters. The Hall–Kier alpha value is -0.570. The maximum atomic E-state index is 11.9. The summed E-state index contributed by atoms with van der Waals surface area (Å²) in [5.74, 6) is 2.52. The molecule has 3 nitrogen and oxygen atoms in total. The van der Waals surface area contributed by atoms with Crippen molar-refractivity contribution >= 4 is 5.91 Å². The summed E-state index contributed by atoms with van der Waals surface area (Å²) in [5, 5.41) is 6.74. The molecule has 3 fully saturated rings. The van der Waals surface area contributed by atoms with Gasteiger partial charge in [0, 0.05) is 25.0 Å². The highest BCUT2D eigenvalue weighted by atomic mass is 16.1. The van der Waals surface area contributed by atoms with Gasteiger partial charge in [0.15, 0.2) is 0 Å². The zero-order valence-corrected chi connectivity index (χ0v) is 10.7. The topological polar surface area (TPSA) is 41.1 Å². The molecule has 1 amide bonds. The van der Waals surface area contributed by atoms with E-state index in [1.54, 1.807) is 0 Å². The van der Waals surface area contributed by atoms with Gasteiger partial charge in [0.25, 0.3) is 0 Å². The molecule has 0 aromatic carbocycles. The lowest BCUT2D eigenvalue weighted by molar-refractivity contribution is -0.122. The summed E-state index contributed by atoms with van der Waals surface area (Å²) in [6.07, 6.45) is 7.13. The Kier molecular flexibility index (Phi) is 3.12. The third-order valence-electron chi connectivity index (χ3n) is 4.88. The van der Waals surface area contributed by atoms with Crippen molar-refractivity contribution < 1.29 is 4.79 Å². The largest absolute Gasteiger partial charge is 0.356 e. The van der Waals surface area contributed by atoms with Crippen LogP contribution in [-0.2, 0) is 4.79 Å². The predicted molar refractivity (Wildman–Crippen MR) is 67.6 cm³/mol. The molecule has 2 bridgehead atoms. The average Bonchev–Trinajstić information content (AvgIpc) is 2.89. The SMILES string of the molecule is CC1CC1CNC(=O)CC1CC2CCC(C1)N2. The first kappa shape index (κ1) is 11.5. The van der Waals surface area contributed by atoms with Crippen molar-refractivity contribution in [3.63, 3.8) is 0 Å². The molecule has 3 rings (SSSR count). The van der Waals surface area contributed by atoms with E-state index in [0.717, 1.165) is 24.8 Å². The van der Waals surface area contributed by atoms with Crippen molar-refractivity contribution in [3.05, 3.63) is 0 Å². The highest BCUT2D eigenvalue weighted by molar-refractivity contribution is 5.76. The van der Waals surface area contributed by atoms with Crippen molar-refractivity contribution in [1.82, 2.24) is 10.6 Å². The van der Waals surface area contributed by atoms with E-state index in [4.69, 9.17) is 0 Å². The maximum absolute atomic E-state index is 11.9. The first-order valence-electron chi connectivity index (χ1n) is 7.23. The standard InChI is InChI=1S/C14H24N2O/c1-9-4-11(9)8-15-14(17)7-10-5-12-2-3-13(6-10)16-12/h9-13,16H,2-8H2,1H3,(H,15,17). The Labute approximate surface area is 104 Å². The quantitative estimate of drug-likeness (QED) is 0.780. The number of nitrogens with one attached hydrogen (secondary N) is 2. The van der Waals surface area contributed by atoms with Crippen LogP contribution in [0.15, 0.2) is 0 Å². The van der Waals surface area contributed by atoms with Crippen LogP contribution in [0.4, 0.5) is 0 Å². The van der Waals surface area contributed by atoms with Gasteiger partial charge >= 0.3 is 0 Å². The number of piperidine rings is 1. The van der Waals surface area contributed by atoms with Crippen molar-refractivity contribution in [2.24, 2.45) is 17.8 Å². The van der Waals surface area contributed by atoms with Crippen LogP contribution in [0.5, 0.6) is 0 Å². The van der Waals surface area contributed by atoms with Gasteiger partial charge in [-0.05, 0) is 49.9 Å². The van der Waals surface area contributed by atoms with E-state index >= 15 is 0 Å². The zero-order chi connectivity index (χ0) is 11.8. The molecule has 4 unspecified atom stereocenters. The average molecular weight is 236 g/mol.